The van der Waals surface area contributed by atoms with Gasteiger partial charge in [-0.2, -0.15) is 13.2 Å². The van der Waals surface area contributed by atoms with Gasteiger partial charge in [-0.25, -0.2) is 4.79 Å². The van der Waals surface area contributed by atoms with E-state index in [2.05, 4.69) is 11.9 Å². The van der Waals surface area contributed by atoms with E-state index in [4.69, 9.17) is 19.4 Å². The van der Waals surface area contributed by atoms with Crippen LogP contribution in [0.15, 0.2) is 30.3 Å². The smallest absolute Gasteiger partial charge is 0.484 e. The number of likely N-dealkylation sites (tertiary alicyclic amines) is 2. The number of carboxylic acid groups (broad SMARTS) is 1. The molecule has 0 aromatic heterocycles. The molecular weight excluding hydrogens is 417 g/mol. The molecular formula is C21H29F3N2O5. The largest absolute Gasteiger partial charge is 0.490 e. The number of hydrogen-bond donors (Lipinski definition) is 1. The zero-order chi connectivity index (χ0) is 23.1. The highest BCUT2D eigenvalue weighted by molar-refractivity contribution is 5.77. The maximum absolute atomic E-state index is 12.4. The molecule has 2 aliphatic rings. The number of nitrogens with zero attached hydrogens (tertiary/aromatic N) is 2. The number of halogens is 3. The molecule has 174 valence electrons. The number of carbonyl (C=O) groups excluding carboxylic acids is 1. The van der Waals surface area contributed by atoms with Gasteiger partial charge in [-0.05, 0) is 43.9 Å². The Balaban J connectivity index is 0.000000423. The van der Waals surface area contributed by atoms with Crippen molar-refractivity contribution < 1.29 is 37.3 Å². The van der Waals surface area contributed by atoms with Crippen molar-refractivity contribution in [2.45, 2.75) is 31.5 Å². The number of alkyl halides is 3. The van der Waals surface area contributed by atoms with E-state index in [0.717, 1.165) is 44.8 Å². The normalized spacial score (nSPS) is 20.8. The molecule has 2 saturated heterocycles. The number of hydrogen-bond acceptors (Lipinski definition) is 5. The standard InChI is InChI=1S/C19H28N2O3.C2HF3O2/c1-20-15-19(12-16(20)13-23-2)8-10-21(11-9-19)18(22)14-24-17-6-4-3-5-7-17;3-2(4,5)1(6)7/h3-7,16H,8-15H2,1-2H3;(H,6,7). The first-order valence-electron chi connectivity index (χ1n) is 10.0. The first kappa shape index (κ1) is 24.9. The van der Waals surface area contributed by atoms with Crippen LogP contribution in [0.25, 0.3) is 0 Å². The highest BCUT2D eigenvalue weighted by Crippen LogP contribution is 2.42. The summed E-state index contributed by atoms with van der Waals surface area (Å²) in [6.45, 7) is 3.72. The van der Waals surface area contributed by atoms with Crippen LogP contribution >= 0.6 is 0 Å². The summed E-state index contributed by atoms with van der Waals surface area (Å²) in [4.78, 5) is 25.6. The summed E-state index contributed by atoms with van der Waals surface area (Å²) in [6.07, 6.45) is -1.75. The number of rotatable bonds is 5. The van der Waals surface area contributed by atoms with Crippen molar-refractivity contribution in [3.63, 3.8) is 0 Å². The average molecular weight is 446 g/mol. The molecule has 1 atom stereocenters. The molecule has 0 aliphatic carbocycles. The molecule has 31 heavy (non-hydrogen) atoms. The van der Waals surface area contributed by atoms with E-state index in [1.54, 1.807) is 7.11 Å². The summed E-state index contributed by atoms with van der Waals surface area (Å²) in [5.74, 6) is -1.92. The maximum Gasteiger partial charge on any atom is 0.490 e. The van der Waals surface area contributed by atoms with Crippen LogP contribution in [0.2, 0.25) is 0 Å². The number of aliphatic carboxylic acids is 1. The second-order valence-electron chi connectivity index (χ2n) is 8.01. The van der Waals surface area contributed by atoms with Crippen LogP contribution < -0.4 is 4.74 Å². The van der Waals surface area contributed by atoms with Crippen LogP contribution in [0, 0.1) is 5.41 Å². The molecule has 0 saturated carbocycles. The van der Waals surface area contributed by atoms with Crippen LogP contribution in [0.5, 0.6) is 5.75 Å². The quantitative estimate of drug-likeness (QED) is 0.749. The molecule has 1 amide bonds. The molecule has 7 nitrogen and oxygen atoms in total. The minimum Gasteiger partial charge on any atom is -0.484 e. The Bertz CT molecular complexity index is 721. The van der Waals surface area contributed by atoms with Gasteiger partial charge in [-0.1, -0.05) is 18.2 Å². The molecule has 1 N–H and O–H groups in total. The number of amides is 1. The Morgan fingerprint density at radius 1 is 1.19 bits per heavy atom. The number of likely N-dealkylation sites (N-methyl/N-ethyl adjacent to an activating group) is 1. The lowest BCUT2D eigenvalue weighted by Crippen LogP contribution is -2.45. The number of carbonyl (C=O) groups is 2. The Morgan fingerprint density at radius 2 is 1.77 bits per heavy atom. The lowest BCUT2D eigenvalue weighted by molar-refractivity contribution is -0.192. The van der Waals surface area contributed by atoms with E-state index in [1.807, 2.05) is 35.2 Å². The second-order valence-corrected chi connectivity index (χ2v) is 8.01. The first-order valence-corrected chi connectivity index (χ1v) is 10.0. The van der Waals surface area contributed by atoms with Crippen molar-refractivity contribution >= 4 is 11.9 Å². The number of carboxylic acids is 1. The summed E-state index contributed by atoms with van der Waals surface area (Å²) in [5, 5.41) is 7.12. The fraction of sp³-hybridized carbons (Fsp3) is 0.619. The number of benzene rings is 1. The van der Waals surface area contributed by atoms with Crippen molar-refractivity contribution in [1.82, 2.24) is 9.80 Å². The van der Waals surface area contributed by atoms with Gasteiger partial charge >= 0.3 is 12.1 Å². The average Bonchev–Trinajstić information content (AvgIpc) is 3.02. The van der Waals surface area contributed by atoms with E-state index in [1.165, 1.54) is 6.42 Å². The Hall–Kier alpha value is -2.33. The molecule has 1 spiro atoms. The zero-order valence-electron chi connectivity index (χ0n) is 17.7. The minimum atomic E-state index is -5.08. The van der Waals surface area contributed by atoms with Gasteiger partial charge in [0.1, 0.15) is 5.75 Å². The van der Waals surface area contributed by atoms with E-state index in [0.29, 0.717) is 11.5 Å². The number of ether oxygens (including phenoxy) is 2. The van der Waals surface area contributed by atoms with Gasteiger partial charge in [0, 0.05) is 32.8 Å². The topological polar surface area (TPSA) is 79.3 Å². The molecule has 1 aromatic rings. The maximum atomic E-state index is 12.4. The molecule has 0 radical (unpaired) electrons. The zero-order valence-corrected chi connectivity index (χ0v) is 17.7. The van der Waals surface area contributed by atoms with E-state index < -0.39 is 12.1 Å². The minimum absolute atomic E-state index is 0.0912. The van der Waals surface area contributed by atoms with E-state index in [-0.39, 0.29) is 12.5 Å². The van der Waals surface area contributed by atoms with Crippen LogP contribution in [0.4, 0.5) is 13.2 Å². The van der Waals surface area contributed by atoms with E-state index in [9.17, 15) is 18.0 Å². The molecule has 10 heteroatoms. The van der Waals surface area contributed by atoms with Crippen molar-refractivity contribution in [2.75, 3.05) is 47.0 Å². The molecule has 2 aliphatic heterocycles. The third kappa shape index (κ3) is 7.39. The summed E-state index contributed by atoms with van der Waals surface area (Å²) in [5.41, 5.74) is 0.356. The monoisotopic (exact) mass is 446 g/mol. The summed E-state index contributed by atoms with van der Waals surface area (Å²) >= 11 is 0. The predicted octanol–water partition coefficient (Wildman–Crippen LogP) is 2.66. The van der Waals surface area contributed by atoms with Gasteiger partial charge in [-0.3, -0.25) is 4.79 Å². The SMILES string of the molecule is COCC1CC2(CCN(C(=O)COc3ccccc3)CC2)CN1C.O=C(O)C(F)(F)F. The number of para-hydroxylation sites is 1. The van der Waals surface area contributed by atoms with Crippen molar-refractivity contribution in [2.24, 2.45) is 5.41 Å². The Morgan fingerprint density at radius 3 is 2.29 bits per heavy atom. The highest BCUT2D eigenvalue weighted by Gasteiger charge is 2.44. The van der Waals surface area contributed by atoms with Crippen LogP contribution in [-0.2, 0) is 14.3 Å². The fourth-order valence-electron chi connectivity index (χ4n) is 4.10. The van der Waals surface area contributed by atoms with Crippen LogP contribution in [0.3, 0.4) is 0 Å². The van der Waals surface area contributed by atoms with Gasteiger partial charge in [0.2, 0.25) is 0 Å². The first-order chi connectivity index (χ1) is 14.6. The van der Waals surface area contributed by atoms with Crippen molar-refractivity contribution in [3.05, 3.63) is 30.3 Å². The number of piperidine rings is 1. The summed E-state index contributed by atoms with van der Waals surface area (Å²) in [6, 6.07) is 10.0. The Kier molecular flexibility index (Phi) is 8.69. The number of methoxy groups -OCH3 is 1. The van der Waals surface area contributed by atoms with E-state index >= 15 is 0 Å². The van der Waals surface area contributed by atoms with Gasteiger partial charge in [0.25, 0.3) is 5.91 Å². The summed E-state index contributed by atoms with van der Waals surface area (Å²) in [7, 11) is 3.95. The van der Waals surface area contributed by atoms with Crippen LogP contribution in [-0.4, -0.2) is 86.0 Å². The molecule has 0 bridgehead atoms. The molecule has 1 aromatic carbocycles. The second kappa shape index (κ2) is 10.8. The highest BCUT2D eigenvalue weighted by atomic mass is 19.4. The lowest BCUT2D eigenvalue weighted by atomic mass is 9.76. The molecule has 2 fully saturated rings. The van der Waals surface area contributed by atoms with Crippen molar-refractivity contribution in [3.8, 4) is 5.75 Å². The lowest BCUT2D eigenvalue weighted by Gasteiger charge is -2.39. The molecule has 3 rings (SSSR count). The van der Waals surface area contributed by atoms with Gasteiger partial charge in [0.15, 0.2) is 6.61 Å². The van der Waals surface area contributed by atoms with Crippen molar-refractivity contribution in [1.29, 1.82) is 0 Å². The summed E-state index contributed by atoms with van der Waals surface area (Å²) < 4.78 is 42.7. The van der Waals surface area contributed by atoms with Gasteiger partial charge < -0.3 is 24.4 Å². The van der Waals surface area contributed by atoms with Crippen LogP contribution in [0.1, 0.15) is 19.3 Å². The third-order valence-electron chi connectivity index (χ3n) is 5.76. The third-order valence-corrected chi connectivity index (χ3v) is 5.76. The van der Waals surface area contributed by atoms with Gasteiger partial charge in [0.05, 0.1) is 6.61 Å². The van der Waals surface area contributed by atoms with Gasteiger partial charge in [-0.15, -0.1) is 0 Å². The Labute approximate surface area is 179 Å². The predicted molar refractivity (Wildman–Crippen MR) is 107 cm³/mol. The fourth-order valence-corrected chi connectivity index (χ4v) is 4.10. The molecule has 2 heterocycles. The molecule has 1 unspecified atom stereocenters.